The molecule has 7 heteroatoms. The predicted octanol–water partition coefficient (Wildman–Crippen LogP) is 5.86. The molecule has 0 bridgehead atoms. The van der Waals surface area contributed by atoms with Gasteiger partial charge in [0.2, 0.25) is 0 Å². The van der Waals surface area contributed by atoms with E-state index in [4.69, 9.17) is 21.7 Å². The van der Waals surface area contributed by atoms with Gasteiger partial charge < -0.3 is 14.4 Å². The van der Waals surface area contributed by atoms with Crippen LogP contribution in [0, 0.1) is 11.3 Å². The van der Waals surface area contributed by atoms with Crippen molar-refractivity contribution in [1.82, 2.24) is 4.90 Å². The van der Waals surface area contributed by atoms with Crippen molar-refractivity contribution in [2.24, 2.45) is 0 Å². The summed E-state index contributed by atoms with van der Waals surface area (Å²) < 4.78 is 11.8. The minimum absolute atomic E-state index is 0.329. The van der Waals surface area contributed by atoms with Crippen LogP contribution >= 0.6 is 23.6 Å². The maximum absolute atomic E-state index is 9.30. The lowest BCUT2D eigenvalue weighted by Gasteiger charge is -2.21. The van der Waals surface area contributed by atoms with E-state index < -0.39 is 5.41 Å². The van der Waals surface area contributed by atoms with Crippen LogP contribution in [-0.4, -0.2) is 37.3 Å². The Labute approximate surface area is 205 Å². The average Bonchev–Trinajstić information content (AvgIpc) is 3.32. The number of benzene rings is 2. The van der Waals surface area contributed by atoms with E-state index in [0.717, 1.165) is 30.1 Å². The fraction of sp³-hybridized carbons (Fsp3) is 0.308. The Morgan fingerprint density at radius 2 is 1.85 bits per heavy atom. The third-order valence-corrected chi connectivity index (χ3v) is 6.40. The van der Waals surface area contributed by atoms with Crippen molar-refractivity contribution in [3.63, 3.8) is 0 Å². The molecule has 0 aliphatic rings. The molecule has 1 heterocycles. The number of nitrogens with zero attached hydrogens (tertiary/aromatic N) is 3. The Balaban J connectivity index is 1.53. The number of nitriles is 1. The van der Waals surface area contributed by atoms with Gasteiger partial charge in [0.25, 0.3) is 5.17 Å². The largest absolute Gasteiger partial charge is 0.492 e. The molecule has 0 aliphatic heterocycles. The number of ether oxygens (including phenoxy) is 2. The van der Waals surface area contributed by atoms with E-state index in [1.807, 2.05) is 69.4 Å². The van der Waals surface area contributed by atoms with E-state index in [1.165, 1.54) is 5.56 Å². The van der Waals surface area contributed by atoms with Crippen molar-refractivity contribution < 1.29 is 9.47 Å². The van der Waals surface area contributed by atoms with Crippen LogP contribution in [0.5, 0.6) is 11.5 Å². The lowest BCUT2D eigenvalue weighted by Crippen LogP contribution is -2.29. The fourth-order valence-corrected chi connectivity index (χ4v) is 4.01. The van der Waals surface area contributed by atoms with Gasteiger partial charge in [-0.1, -0.05) is 18.2 Å². The lowest BCUT2D eigenvalue weighted by molar-refractivity contribution is 0.233. The number of hydrogen-bond acceptors (Lipinski definition) is 6. The second kappa shape index (κ2) is 11.3. The van der Waals surface area contributed by atoms with Crippen molar-refractivity contribution in [3.05, 3.63) is 76.5 Å². The van der Waals surface area contributed by atoms with Crippen molar-refractivity contribution in [3.8, 4) is 17.6 Å². The van der Waals surface area contributed by atoms with Crippen LogP contribution in [0.4, 0.5) is 5.69 Å². The summed E-state index contributed by atoms with van der Waals surface area (Å²) in [5.74, 6) is 1.42. The Morgan fingerprint density at radius 1 is 1.09 bits per heavy atom. The van der Waals surface area contributed by atoms with Crippen molar-refractivity contribution >= 4 is 34.4 Å². The Morgan fingerprint density at radius 3 is 2.52 bits per heavy atom. The summed E-state index contributed by atoms with van der Waals surface area (Å²) in [5.41, 5.74) is 2.59. The Kier molecular flexibility index (Phi) is 8.45. The summed E-state index contributed by atoms with van der Waals surface area (Å²) in [6.07, 6.45) is 0. The van der Waals surface area contributed by atoms with Gasteiger partial charge in [0, 0.05) is 31.9 Å². The zero-order chi connectivity index (χ0) is 23.8. The first-order valence-corrected chi connectivity index (χ1v) is 12.0. The minimum Gasteiger partial charge on any atom is -0.492 e. The molecule has 0 N–H and O–H groups in total. The van der Waals surface area contributed by atoms with Crippen molar-refractivity contribution in [2.75, 3.05) is 32.1 Å². The SMILES string of the molecule is CN(CCOc1cccc(N(C)C(=S)Oc2ccc(C(C)(C)C#N)cc2)c1)Cc1ccsc1. The highest BCUT2D eigenvalue weighted by Gasteiger charge is 2.19. The molecule has 0 fully saturated rings. The van der Waals surface area contributed by atoms with Crippen LogP contribution in [0.2, 0.25) is 0 Å². The van der Waals surface area contributed by atoms with E-state index in [-0.39, 0.29) is 0 Å². The van der Waals surface area contributed by atoms with Crippen LogP contribution in [-0.2, 0) is 12.0 Å². The van der Waals surface area contributed by atoms with Gasteiger partial charge in [0.15, 0.2) is 0 Å². The number of likely N-dealkylation sites (N-methyl/N-ethyl adjacent to an activating group) is 1. The standard InChI is InChI=1S/C26H29N3O2S2/c1-26(2,19-27)21-8-10-23(11-9-21)31-25(32)29(4)22-6-5-7-24(16-22)30-14-13-28(3)17-20-12-15-33-18-20/h5-12,15-16,18H,13-14,17H2,1-4H3. The zero-order valence-corrected chi connectivity index (χ0v) is 21.1. The lowest BCUT2D eigenvalue weighted by atomic mass is 9.86. The van der Waals surface area contributed by atoms with Crippen LogP contribution < -0.4 is 14.4 Å². The topological polar surface area (TPSA) is 48.7 Å². The molecular weight excluding hydrogens is 450 g/mol. The molecule has 3 rings (SSSR count). The van der Waals surface area contributed by atoms with Gasteiger partial charge >= 0.3 is 0 Å². The van der Waals surface area contributed by atoms with E-state index in [0.29, 0.717) is 17.5 Å². The summed E-state index contributed by atoms with van der Waals surface area (Å²) in [5, 5.41) is 13.9. The van der Waals surface area contributed by atoms with Crippen molar-refractivity contribution in [2.45, 2.75) is 25.8 Å². The maximum Gasteiger partial charge on any atom is 0.269 e. The molecular formula is C26H29N3O2S2. The molecule has 0 saturated carbocycles. The van der Waals surface area contributed by atoms with Gasteiger partial charge in [-0.3, -0.25) is 4.90 Å². The molecule has 3 aromatic rings. The number of rotatable bonds is 9. The molecule has 2 aromatic carbocycles. The molecule has 0 aliphatic carbocycles. The zero-order valence-electron chi connectivity index (χ0n) is 19.4. The molecule has 0 saturated heterocycles. The molecule has 172 valence electrons. The van der Waals surface area contributed by atoms with Gasteiger partial charge in [-0.05, 0) is 85.3 Å². The predicted molar refractivity (Wildman–Crippen MR) is 139 cm³/mol. The van der Waals surface area contributed by atoms with Gasteiger partial charge in [0.1, 0.15) is 18.1 Å². The van der Waals surface area contributed by atoms with Gasteiger partial charge in [-0.2, -0.15) is 16.6 Å². The van der Waals surface area contributed by atoms with Gasteiger partial charge in [-0.15, -0.1) is 0 Å². The summed E-state index contributed by atoms with van der Waals surface area (Å²) in [6, 6.07) is 19.7. The highest BCUT2D eigenvalue weighted by atomic mass is 32.1. The van der Waals surface area contributed by atoms with E-state index >= 15 is 0 Å². The van der Waals surface area contributed by atoms with Crippen molar-refractivity contribution in [1.29, 1.82) is 5.26 Å². The highest BCUT2D eigenvalue weighted by Crippen LogP contribution is 2.26. The van der Waals surface area contributed by atoms with Crippen LogP contribution in [0.3, 0.4) is 0 Å². The molecule has 0 atom stereocenters. The van der Waals surface area contributed by atoms with E-state index in [2.05, 4.69) is 34.8 Å². The van der Waals surface area contributed by atoms with Crippen LogP contribution in [0.15, 0.2) is 65.4 Å². The van der Waals surface area contributed by atoms with E-state index in [1.54, 1.807) is 16.2 Å². The first kappa shape index (κ1) is 24.7. The summed E-state index contributed by atoms with van der Waals surface area (Å²) in [4.78, 5) is 4.04. The number of thiophene rings is 1. The minimum atomic E-state index is -0.547. The number of hydrogen-bond donors (Lipinski definition) is 0. The normalized spacial score (nSPS) is 11.2. The average molecular weight is 480 g/mol. The summed E-state index contributed by atoms with van der Waals surface area (Å²) in [6.45, 7) is 6.11. The first-order chi connectivity index (χ1) is 15.8. The van der Waals surface area contributed by atoms with Gasteiger partial charge in [0.05, 0.1) is 11.5 Å². The Bertz CT molecular complexity index is 1090. The fourth-order valence-electron chi connectivity index (χ4n) is 3.15. The number of thiocarbonyl (C=S) groups is 1. The second-order valence-electron chi connectivity index (χ2n) is 8.40. The number of anilines is 1. The third-order valence-electron chi connectivity index (χ3n) is 5.31. The Hall–Kier alpha value is -2.92. The molecule has 33 heavy (non-hydrogen) atoms. The maximum atomic E-state index is 9.30. The summed E-state index contributed by atoms with van der Waals surface area (Å²) in [7, 11) is 3.96. The smallest absolute Gasteiger partial charge is 0.269 e. The molecule has 0 spiro atoms. The van der Waals surface area contributed by atoms with E-state index in [9.17, 15) is 5.26 Å². The van der Waals surface area contributed by atoms with Crippen LogP contribution in [0.1, 0.15) is 25.0 Å². The quantitative estimate of drug-likeness (QED) is 0.358. The molecule has 0 unspecified atom stereocenters. The third kappa shape index (κ3) is 7.03. The molecule has 5 nitrogen and oxygen atoms in total. The molecule has 1 aromatic heterocycles. The van der Waals surface area contributed by atoms with Gasteiger partial charge in [-0.25, -0.2) is 0 Å². The highest BCUT2D eigenvalue weighted by molar-refractivity contribution is 7.80. The molecule has 0 radical (unpaired) electrons. The monoisotopic (exact) mass is 479 g/mol. The molecule has 0 amide bonds. The summed E-state index contributed by atoms with van der Waals surface area (Å²) >= 11 is 7.21. The first-order valence-electron chi connectivity index (χ1n) is 10.7. The van der Waals surface area contributed by atoms with Crippen LogP contribution in [0.25, 0.3) is 0 Å². The second-order valence-corrected chi connectivity index (χ2v) is 9.53.